The summed E-state index contributed by atoms with van der Waals surface area (Å²) < 4.78 is 11.1. The molecule has 4 aliphatic carbocycles. The molecule has 0 radical (unpaired) electrons. The largest absolute Gasteiger partial charge is 0.496 e. The summed E-state index contributed by atoms with van der Waals surface area (Å²) in [6.45, 7) is 2.80. The van der Waals surface area contributed by atoms with Crippen LogP contribution in [0, 0.1) is 23.2 Å². The average Bonchev–Trinajstić information content (AvgIpc) is 2.61. The van der Waals surface area contributed by atoms with E-state index in [-0.39, 0.29) is 0 Å². The minimum atomic E-state index is -0.404. The zero-order valence-electron chi connectivity index (χ0n) is 16.0. The van der Waals surface area contributed by atoms with Crippen molar-refractivity contribution in [2.24, 2.45) is 23.2 Å². The van der Waals surface area contributed by atoms with E-state index in [0.29, 0.717) is 18.6 Å². The van der Waals surface area contributed by atoms with Gasteiger partial charge in [0, 0.05) is 11.0 Å². The molecule has 1 aromatic rings. The molecular formula is C22H34NO3+. The normalized spacial score (nSPS) is 33.4. The number of aliphatic hydroxyl groups is 1. The molecule has 144 valence electrons. The molecule has 1 atom stereocenters. The number of quaternary nitrogens is 1. The van der Waals surface area contributed by atoms with E-state index in [1.807, 2.05) is 24.3 Å². The van der Waals surface area contributed by atoms with Gasteiger partial charge in [0.05, 0.1) is 26.9 Å². The number of aliphatic hydroxyl groups excluding tert-OH is 1. The lowest BCUT2D eigenvalue weighted by molar-refractivity contribution is -0.675. The minimum Gasteiger partial charge on any atom is -0.496 e. The summed E-state index contributed by atoms with van der Waals surface area (Å²) in [6.07, 6.45) is 8.41. The lowest BCUT2D eigenvalue weighted by Crippen LogP contribution is -2.89. The van der Waals surface area contributed by atoms with Crippen LogP contribution in [0.15, 0.2) is 24.3 Å². The van der Waals surface area contributed by atoms with Crippen LogP contribution < -0.4 is 10.1 Å². The molecule has 0 spiro atoms. The molecule has 4 fully saturated rings. The smallest absolute Gasteiger partial charge is 0.126 e. The Bertz CT molecular complexity index is 568. The fourth-order valence-corrected chi connectivity index (χ4v) is 6.32. The molecule has 4 saturated carbocycles. The second-order valence-electron chi connectivity index (χ2n) is 9.13. The minimum absolute atomic E-state index is 0.384. The fraction of sp³-hybridized carbons (Fsp3) is 0.727. The Kier molecular flexibility index (Phi) is 5.53. The van der Waals surface area contributed by atoms with E-state index in [0.717, 1.165) is 35.6 Å². The molecule has 3 N–H and O–H groups in total. The van der Waals surface area contributed by atoms with Gasteiger partial charge < -0.3 is 19.9 Å². The Balaban J connectivity index is 1.17. The third-order valence-electron chi connectivity index (χ3n) is 6.94. The summed E-state index contributed by atoms with van der Waals surface area (Å²) in [4.78, 5) is 0. The maximum Gasteiger partial charge on any atom is 0.126 e. The molecule has 0 heterocycles. The molecule has 4 heteroatoms. The highest BCUT2D eigenvalue weighted by molar-refractivity contribution is 5.32. The standard InChI is InChI=1S/C22H33NO3/c1-25-21-5-3-2-4-19(21)13-26-14-20(24)12-23-15-22-9-16-6-17(10-22)8-18(7-16)11-22/h2-5,16-18,20,23-24H,6-15H2,1H3/p+1/t16?,17?,18?,20-,22?/m0/s1. The zero-order valence-corrected chi connectivity index (χ0v) is 16.0. The van der Waals surface area contributed by atoms with Gasteiger partial charge in [0.15, 0.2) is 0 Å². The first kappa shape index (κ1) is 18.3. The van der Waals surface area contributed by atoms with Gasteiger partial charge in [-0.15, -0.1) is 0 Å². The number of ether oxygens (including phenoxy) is 2. The van der Waals surface area contributed by atoms with Crippen molar-refractivity contribution in [3.05, 3.63) is 29.8 Å². The fourth-order valence-electron chi connectivity index (χ4n) is 6.32. The summed E-state index contributed by atoms with van der Waals surface area (Å²) in [5.41, 5.74) is 1.60. The third-order valence-corrected chi connectivity index (χ3v) is 6.94. The van der Waals surface area contributed by atoms with Crippen LogP contribution in [0.5, 0.6) is 5.75 Å². The van der Waals surface area contributed by atoms with Crippen LogP contribution in [0.3, 0.4) is 0 Å². The van der Waals surface area contributed by atoms with Gasteiger partial charge in [-0.25, -0.2) is 0 Å². The van der Waals surface area contributed by atoms with Gasteiger partial charge in [-0.3, -0.25) is 0 Å². The monoisotopic (exact) mass is 360 g/mol. The van der Waals surface area contributed by atoms with Gasteiger partial charge in [-0.1, -0.05) is 18.2 Å². The highest BCUT2D eigenvalue weighted by atomic mass is 16.5. The van der Waals surface area contributed by atoms with Crippen molar-refractivity contribution >= 4 is 0 Å². The van der Waals surface area contributed by atoms with E-state index in [2.05, 4.69) is 5.32 Å². The molecule has 4 aliphatic rings. The van der Waals surface area contributed by atoms with Crippen LogP contribution in [-0.4, -0.2) is 38.0 Å². The van der Waals surface area contributed by atoms with Gasteiger partial charge in [-0.05, 0) is 62.3 Å². The maximum absolute atomic E-state index is 10.3. The van der Waals surface area contributed by atoms with Crippen LogP contribution in [-0.2, 0) is 11.3 Å². The summed E-state index contributed by atoms with van der Waals surface area (Å²) in [7, 11) is 1.67. The SMILES string of the molecule is COc1ccccc1COC[C@@H](O)C[NH2+]CC12CC3CC(CC(C3)C1)C2. The molecule has 0 aromatic heterocycles. The van der Waals surface area contributed by atoms with Crippen molar-refractivity contribution in [3.8, 4) is 5.75 Å². The number of benzene rings is 1. The van der Waals surface area contributed by atoms with Gasteiger partial charge in [0.1, 0.15) is 18.4 Å². The first-order valence-electron chi connectivity index (χ1n) is 10.4. The summed E-state index contributed by atoms with van der Waals surface area (Å²) in [5.74, 6) is 3.85. The highest BCUT2D eigenvalue weighted by Gasteiger charge is 2.51. The van der Waals surface area contributed by atoms with Crippen molar-refractivity contribution in [2.45, 2.75) is 51.2 Å². The number of para-hydroxylation sites is 1. The number of hydrogen-bond donors (Lipinski definition) is 2. The topological polar surface area (TPSA) is 55.3 Å². The molecule has 0 aliphatic heterocycles. The summed E-state index contributed by atoms with van der Waals surface area (Å²) in [5, 5.41) is 12.6. The van der Waals surface area contributed by atoms with E-state index in [9.17, 15) is 5.11 Å². The number of nitrogens with two attached hydrogens (primary N) is 1. The number of methoxy groups -OCH3 is 1. The van der Waals surface area contributed by atoms with Gasteiger partial charge in [-0.2, -0.15) is 0 Å². The predicted molar refractivity (Wildman–Crippen MR) is 101 cm³/mol. The van der Waals surface area contributed by atoms with Crippen molar-refractivity contribution in [2.75, 3.05) is 26.8 Å². The van der Waals surface area contributed by atoms with Crippen LogP contribution in [0.1, 0.15) is 44.1 Å². The van der Waals surface area contributed by atoms with E-state index >= 15 is 0 Å². The number of rotatable bonds is 9. The molecule has 26 heavy (non-hydrogen) atoms. The van der Waals surface area contributed by atoms with Crippen molar-refractivity contribution in [1.29, 1.82) is 0 Å². The maximum atomic E-state index is 10.3. The predicted octanol–water partition coefficient (Wildman–Crippen LogP) is 2.35. The molecule has 0 saturated heterocycles. The van der Waals surface area contributed by atoms with Crippen molar-refractivity contribution < 1.29 is 19.9 Å². The van der Waals surface area contributed by atoms with Gasteiger partial charge >= 0.3 is 0 Å². The second kappa shape index (κ2) is 7.87. The average molecular weight is 361 g/mol. The Labute approximate surface area is 157 Å². The summed E-state index contributed by atoms with van der Waals surface area (Å²) >= 11 is 0. The number of hydrogen-bond acceptors (Lipinski definition) is 3. The molecule has 0 amide bonds. The van der Waals surface area contributed by atoms with Crippen molar-refractivity contribution in [1.82, 2.24) is 0 Å². The zero-order chi connectivity index (χ0) is 18.0. The van der Waals surface area contributed by atoms with Crippen LogP contribution in [0.4, 0.5) is 0 Å². The van der Waals surface area contributed by atoms with Gasteiger partial charge in [0.25, 0.3) is 0 Å². The first-order valence-corrected chi connectivity index (χ1v) is 10.4. The molecule has 4 bridgehead atoms. The van der Waals surface area contributed by atoms with E-state index < -0.39 is 6.10 Å². The Morgan fingerprint density at radius 3 is 2.42 bits per heavy atom. The molecule has 1 aromatic carbocycles. The highest BCUT2D eigenvalue weighted by Crippen LogP contribution is 2.59. The quantitative estimate of drug-likeness (QED) is 0.711. The van der Waals surface area contributed by atoms with E-state index in [1.165, 1.54) is 45.1 Å². The first-order chi connectivity index (χ1) is 12.7. The molecule has 5 rings (SSSR count). The lowest BCUT2D eigenvalue weighted by atomic mass is 9.49. The Morgan fingerprint density at radius 1 is 1.12 bits per heavy atom. The van der Waals surface area contributed by atoms with Gasteiger partial charge in [0.2, 0.25) is 0 Å². The van der Waals surface area contributed by atoms with E-state index in [1.54, 1.807) is 7.11 Å². The lowest BCUT2D eigenvalue weighted by Gasteiger charge is -2.56. The summed E-state index contributed by atoms with van der Waals surface area (Å²) in [6, 6.07) is 7.88. The third kappa shape index (κ3) is 4.08. The van der Waals surface area contributed by atoms with Crippen LogP contribution in [0.25, 0.3) is 0 Å². The Hall–Kier alpha value is -1.10. The second-order valence-corrected chi connectivity index (χ2v) is 9.13. The Morgan fingerprint density at radius 2 is 1.77 bits per heavy atom. The van der Waals surface area contributed by atoms with Crippen LogP contribution >= 0.6 is 0 Å². The molecule has 0 unspecified atom stereocenters. The van der Waals surface area contributed by atoms with Crippen molar-refractivity contribution in [3.63, 3.8) is 0 Å². The van der Waals surface area contributed by atoms with E-state index in [4.69, 9.17) is 9.47 Å². The molecular weight excluding hydrogens is 326 g/mol. The molecule has 4 nitrogen and oxygen atoms in total. The van der Waals surface area contributed by atoms with Crippen LogP contribution in [0.2, 0.25) is 0 Å².